The molecular weight excluding hydrogens is 210 g/mol. The van der Waals surface area contributed by atoms with Gasteiger partial charge in [-0.3, -0.25) is 0 Å². The topological polar surface area (TPSA) is 37.8 Å². The summed E-state index contributed by atoms with van der Waals surface area (Å²) < 4.78 is 0. The van der Waals surface area contributed by atoms with E-state index >= 15 is 0 Å². The molecule has 1 fully saturated rings. The summed E-state index contributed by atoms with van der Waals surface area (Å²) in [4.78, 5) is 0. The van der Waals surface area contributed by atoms with Crippen molar-refractivity contribution in [2.45, 2.75) is 20.3 Å². The molecule has 1 unspecified atom stereocenters. The van der Waals surface area contributed by atoms with Crippen molar-refractivity contribution in [2.75, 3.05) is 11.9 Å². The van der Waals surface area contributed by atoms with Gasteiger partial charge in [-0.25, -0.2) is 0 Å². The normalized spacial score (nSPS) is 21.4. The van der Waals surface area contributed by atoms with Gasteiger partial charge in [0.2, 0.25) is 0 Å². The fourth-order valence-electron chi connectivity index (χ4n) is 2.30. The Balaban J connectivity index is 1.81. The standard InChI is InChI=1S/C14H17N3/c1-14(2)7-11(14)9-15-13-12-6-4-3-5-10(12)8-16-17-13/h3-6,8,11H,7,9H2,1-2H3,(H,15,17). The maximum absolute atomic E-state index is 4.19. The predicted octanol–water partition coefficient (Wildman–Crippen LogP) is 3.09. The first kappa shape index (κ1) is 10.5. The summed E-state index contributed by atoms with van der Waals surface area (Å²) in [5, 5.41) is 14.0. The number of fused-ring (bicyclic) bond motifs is 1. The fourth-order valence-corrected chi connectivity index (χ4v) is 2.30. The van der Waals surface area contributed by atoms with Crippen molar-refractivity contribution >= 4 is 16.6 Å². The van der Waals surface area contributed by atoms with Crippen LogP contribution in [0.4, 0.5) is 5.82 Å². The summed E-state index contributed by atoms with van der Waals surface area (Å²) in [5.74, 6) is 1.68. The average Bonchev–Trinajstić information content (AvgIpc) is 2.94. The monoisotopic (exact) mass is 227 g/mol. The van der Waals surface area contributed by atoms with E-state index in [0.717, 1.165) is 29.1 Å². The molecule has 0 radical (unpaired) electrons. The van der Waals surface area contributed by atoms with Gasteiger partial charge < -0.3 is 5.32 Å². The Morgan fingerprint density at radius 1 is 1.35 bits per heavy atom. The van der Waals surface area contributed by atoms with Gasteiger partial charge in [0.05, 0.1) is 6.20 Å². The molecule has 0 spiro atoms. The molecule has 0 aliphatic heterocycles. The Morgan fingerprint density at radius 3 is 2.88 bits per heavy atom. The lowest BCUT2D eigenvalue weighted by Gasteiger charge is -2.08. The first-order valence-corrected chi connectivity index (χ1v) is 6.11. The van der Waals surface area contributed by atoms with Gasteiger partial charge in [0.1, 0.15) is 0 Å². The van der Waals surface area contributed by atoms with Gasteiger partial charge in [-0.2, -0.15) is 5.10 Å². The lowest BCUT2D eigenvalue weighted by molar-refractivity contribution is 0.573. The van der Waals surface area contributed by atoms with Crippen LogP contribution in [0.3, 0.4) is 0 Å². The molecule has 1 aliphatic rings. The molecule has 88 valence electrons. The molecule has 1 aliphatic carbocycles. The minimum atomic E-state index is 0.505. The number of benzene rings is 1. The Morgan fingerprint density at radius 2 is 2.12 bits per heavy atom. The molecule has 17 heavy (non-hydrogen) atoms. The summed E-state index contributed by atoms with van der Waals surface area (Å²) in [7, 11) is 0. The molecule has 1 saturated carbocycles. The Labute approximate surface area is 101 Å². The SMILES string of the molecule is CC1(C)CC1CNc1nncc2ccccc12. The van der Waals surface area contributed by atoms with Crippen LogP contribution in [0.1, 0.15) is 20.3 Å². The van der Waals surface area contributed by atoms with Crippen molar-refractivity contribution in [3.05, 3.63) is 30.5 Å². The molecule has 3 rings (SSSR count). The second kappa shape index (κ2) is 3.69. The molecular formula is C14H17N3. The summed E-state index contributed by atoms with van der Waals surface area (Å²) in [6.45, 7) is 5.62. The highest BCUT2D eigenvalue weighted by molar-refractivity contribution is 5.90. The summed E-state index contributed by atoms with van der Waals surface area (Å²) in [6, 6.07) is 8.22. The number of nitrogens with zero attached hydrogens (tertiary/aromatic N) is 2. The van der Waals surface area contributed by atoms with Gasteiger partial charge in [0, 0.05) is 17.3 Å². The van der Waals surface area contributed by atoms with Crippen molar-refractivity contribution in [2.24, 2.45) is 11.3 Å². The van der Waals surface area contributed by atoms with E-state index in [2.05, 4.69) is 41.5 Å². The van der Waals surface area contributed by atoms with Gasteiger partial charge >= 0.3 is 0 Å². The molecule has 1 atom stereocenters. The van der Waals surface area contributed by atoms with Crippen LogP contribution in [-0.2, 0) is 0 Å². The number of aromatic nitrogens is 2. The van der Waals surface area contributed by atoms with E-state index in [0.29, 0.717) is 5.41 Å². The number of nitrogens with one attached hydrogen (secondary N) is 1. The van der Waals surface area contributed by atoms with Gasteiger partial charge in [0.15, 0.2) is 5.82 Å². The average molecular weight is 227 g/mol. The molecule has 0 saturated heterocycles. The van der Waals surface area contributed by atoms with Crippen LogP contribution in [-0.4, -0.2) is 16.7 Å². The van der Waals surface area contributed by atoms with Crippen molar-refractivity contribution in [3.63, 3.8) is 0 Å². The van der Waals surface area contributed by atoms with E-state index < -0.39 is 0 Å². The molecule has 1 N–H and O–H groups in total. The second-order valence-electron chi connectivity index (χ2n) is 5.55. The van der Waals surface area contributed by atoms with E-state index in [-0.39, 0.29) is 0 Å². The van der Waals surface area contributed by atoms with Crippen LogP contribution in [0.2, 0.25) is 0 Å². The highest BCUT2D eigenvalue weighted by Crippen LogP contribution is 2.51. The maximum atomic E-state index is 4.19. The van der Waals surface area contributed by atoms with E-state index in [1.165, 1.54) is 6.42 Å². The Hall–Kier alpha value is -1.64. The van der Waals surface area contributed by atoms with Crippen LogP contribution < -0.4 is 5.32 Å². The van der Waals surface area contributed by atoms with Gasteiger partial charge in [0.25, 0.3) is 0 Å². The summed E-state index contributed by atoms with van der Waals surface area (Å²) in [5.41, 5.74) is 0.505. The lowest BCUT2D eigenvalue weighted by Crippen LogP contribution is -2.09. The fraction of sp³-hybridized carbons (Fsp3) is 0.429. The molecule has 1 aromatic heterocycles. The number of rotatable bonds is 3. The van der Waals surface area contributed by atoms with Crippen molar-refractivity contribution in [1.82, 2.24) is 10.2 Å². The third-order valence-electron chi connectivity index (χ3n) is 3.80. The number of anilines is 1. The highest BCUT2D eigenvalue weighted by atomic mass is 15.2. The van der Waals surface area contributed by atoms with Gasteiger partial charge in [-0.05, 0) is 17.8 Å². The van der Waals surface area contributed by atoms with E-state index in [1.54, 1.807) is 0 Å². The van der Waals surface area contributed by atoms with Crippen molar-refractivity contribution < 1.29 is 0 Å². The van der Waals surface area contributed by atoms with Crippen LogP contribution >= 0.6 is 0 Å². The van der Waals surface area contributed by atoms with Gasteiger partial charge in [-0.15, -0.1) is 5.10 Å². The Kier molecular flexibility index (Phi) is 2.28. The zero-order valence-electron chi connectivity index (χ0n) is 10.3. The highest BCUT2D eigenvalue weighted by Gasteiger charge is 2.45. The Bertz CT molecular complexity index is 543. The van der Waals surface area contributed by atoms with Crippen LogP contribution in [0, 0.1) is 11.3 Å². The molecule has 1 heterocycles. The van der Waals surface area contributed by atoms with E-state index in [4.69, 9.17) is 0 Å². The zero-order chi connectivity index (χ0) is 11.9. The zero-order valence-corrected chi connectivity index (χ0v) is 10.3. The molecule has 0 amide bonds. The van der Waals surface area contributed by atoms with E-state index in [1.807, 2.05) is 18.3 Å². The van der Waals surface area contributed by atoms with Crippen LogP contribution in [0.15, 0.2) is 30.5 Å². The quantitative estimate of drug-likeness (QED) is 0.875. The van der Waals surface area contributed by atoms with Crippen LogP contribution in [0.5, 0.6) is 0 Å². The van der Waals surface area contributed by atoms with Gasteiger partial charge in [-0.1, -0.05) is 38.1 Å². The summed E-state index contributed by atoms with van der Waals surface area (Å²) in [6.07, 6.45) is 3.11. The third-order valence-corrected chi connectivity index (χ3v) is 3.80. The maximum Gasteiger partial charge on any atom is 0.156 e. The van der Waals surface area contributed by atoms with Crippen LogP contribution in [0.25, 0.3) is 10.8 Å². The predicted molar refractivity (Wildman–Crippen MR) is 69.9 cm³/mol. The van der Waals surface area contributed by atoms with E-state index in [9.17, 15) is 0 Å². The first-order valence-electron chi connectivity index (χ1n) is 6.11. The second-order valence-corrected chi connectivity index (χ2v) is 5.55. The largest absolute Gasteiger partial charge is 0.368 e. The molecule has 3 heteroatoms. The number of hydrogen-bond acceptors (Lipinski definition) is 3. The minimum absolute atomic E-state index is 0.505. The third kappa shape index (κ3) is 1.97. The summed E-state index contributed by atoms with van der Waals surface area (Å²) >= 11 is 0. The molecule has 3 nitrogen and oxygen atoms in total. The molecule has 2 aromatic rings. The smallest absolute Gasteiger partial charge is 0.156 e. The lowest BCUT2D eigenvalue weighted by atomic mass is 10.1. The van der Waals surface area contributed by atoms with Crippen molar-refractivity contribution in [1.29, 1.82) is 0 Å². The first-order chi connectivity index (χ1) is 8.17. The molecule has 0 bridgehead atoms. The minimum Gasteiger partial charge on any atom is -0.368 e. The number of hydrogen-bond donors (Lipinski definition) is 1. The van der Waals surface area contributed by atoms with Crippen molar-refractivity contribution in [3.8, 4) is 0 Å². The molecule has 1 aromatic carbocycles.